The Morgan fingerprint density at radius 2 is 2.00 bits per heavy atom. The number of hydrogen-bond acceptors (Lipinski definition) is 3. The minimum atomic E-state index is 0.333. The first-order valence-corrected chi connectivity index (χ1v) is 8.04. The SMILES string of the molecule is COc1ccc2ccccc2c1CNC(C)c1ccsc1. The van der Waals surface area contributed by atoms with Crippen molar-refractivity contribution in [2.75, 3.05) is 7.11 Å². The lowest BCUT2D eigenvalue weighted by Crippen LogP contribution is -2.18. The third-order valence-electron chi connectivity index (χ3n) is 3.85. The van der Waals surface area contributed by atoms with E-state index in [1.165, 1.54) is 21.9 Å². The van der Waals surface area contributed by atoms with E-state index in [0.717, 1.165) is 12.3 Å². The molecule has 0 radical (unpaired) electrons. The molecule has 0 bridgehead atoms. The molecule has 0 aliphatic heterocycles. The van der Waals surface area contributed by atoms with Gasteiger partial charge in [0.2, 0.25) is 0 Å². The number of methoxy groups -OCH3 is 1. The largest absolute Gasteiger partial charge is 0.496 e. The molecule has 108 valence electrons. The highest BCUT2D eigenvalue weighted by Gasteiger charge is 2.10. The number of hydrogen-bond donors (Lipinski definition) is 1. The molecule has 1 heterocycles. The highest BCUT2D eigenvalue weighted by Crippen LogP contribution is 2.28. The Balaban J connectivity index is 1.88. The van der Waals surface area contributed by atoms with Gasteiger partial charge in [-0.05, 0) is 46.2 Å². The van der Waals surface area contributed by atoms with Gasteiger partial charge in [-0.3, -0.25) is 0 Å². The first kappa shape index (κ1) is 14.1. The highest BCUT2D eigenvalue weighted by molar-refractivity contribution is 7.07. The fourth-order valence-electron chi connectivity index (χ4n) is 2.58. The smallest absolute Gasteiger partial charge is 0.123 e. The summed E-state index contributed by atoms with van der Waals surface area (Å²) in [6, 6.07) is 15.1. The summed E-state index contributed by atoms with van der Waals surface area (Å²) in [4.78, 5) is 0. The normalized spacial score (nSPS) is 12.5. The van der Waals surface area contributed by atoms with Gasteiger partial charge in [-0.25, -0.2) is 0 Å². The second kappa shape index (κ2) is 6.29. The molecule has 3 rings (SSSR count). The van der Waals surface area contributed by atoms with Crippen LogP contribution >= 0.6 is 11.3 Å². The summed E-state index contributed by atoms with van der Waals surface area (Å²) in [6.45, 7) is 2.99. The van der Waals surface area contributed by atoms with Gasteiger partial charge < -0.3 is 10.1 Å². The highest BCUT2D eigenvalue weighted by atomic mass is 32.1. The Kier molecular flexibility index (Phi) is 4.23. The van der Waals surface area contributed by atoms with Gasteiger partial charge in [0.05, 0.1) is 7.11 Å². The quantitative estimate of drug-likeness (QED) is 0.733. The van der Waals surface area contributed by atoms with Crippen LogP contribution in [0.5, 0.6) is 5.75 Å². The van der Waals surface area contributed by atoms with Crippen LogP contribution in [0.1, 0.15) is 24.1 Å². The van der Waals surface area contributed by atoms with Crippen LogP contribution in [-0.4, -0.2) is 7.11 Å². The third kappa shape index (κ3) is 2.94. The summed E-state index contributed by atoms with van der Waals surface area (Å²) in [5.74, 6) is 0.943. The summed E-state index contributed by atoms with van der Waals surface area (Å²) in [5.41, 5.74) is 2.55. The van der Waals surface area contributed by atoms with E-state index in [1.807, 2.05) is 0 Å². The second-order valence-corrected chi connectivity index (χ2v) is 5.91. The maximum absolute atomic E-state index is 5.54. The van der Waals surface area contributed by atoms with Crippen molar-refractivity contribution >= 4 is 22.1 Å². The predicted octanol–water partition coefficient (Wildman–Crippen LogP) is 4.76. The van der Waals surface area contributed by atoms with E-state index in [0.29, 0.717) is 6.04 Å². The van der Waals surface area contributed by atoms with E-state index in [2.05, 4.69) is 65.5 Å². The Morgan fingerprint density at radius 3 is 2.76 bits per heavy atom. The number of ether oxygens (including phenoxy) is 1. The predicted molar refractivity (Wildman–Crippen MR) is 90.1 cm³/mol. The number of thiophene rings is 1. The van der Waals surface area contributed by atoms with E-state index in [1.54, 1.807) is 18.4 Å². The Bertz CT molecular complexity index is 721. The van der Waals surface area contributed by atoms with Crippen molar-refractivity contribution in [1.29, 1.82) is 0 Å². The second-order valence-electron chi connectivity index (χ2n) is 5.13. The lowest BCUT2D eigenvalue weighted by atomic mass is 10.0. The molecule has 2 nitrogen and oxygen atoms in total. The first-order valence-electron chi connectivity index (χ1n) is 7.09. The average molecular weight is 297 g/mol. The Morgan fingerprint density at radius 1 is 1.14 bits per heavy atom. The van der Waals surface area contributed by atoms with E-state index in [9.17, 15) is 0 Å². The third-order valence-corrected chi connectivity index (χ3v) is 4.55. The van der Waals surface area contributed by atoms with Gasteiger partial charge in [-0.2, -0.15) is 11.3 Å². The zero-order valence-electron chi connectivity index (χ0n) is 12.3. The summed E-state index contributed by atoms with van der Waals surface area (Å²) >= 11 is 1.74. The minimum absolute atomic E-state index is 0.333. The molecule has 3 aromatic rings. The molecule has 0 aliphatic carbocycles. The fourth-order valence-corrected chi connectivity index (χ4v) is 3.34. The van der Waals surface area contributed by atoms with E-state index >= 15 is 0 Å². The van der Waals surface area contributed by atoms with Crippen LogP contribution < -0.4 is 10.1 Å². The summed E-state index contributed by atoms with van der Waals surface area (Å²) < 4.78 is 5.54. The van der Waals surface area contributed by atoms with Crippen molar-refractivity contribution in [3.8, 4) is 5.75 Å². The van der Waals surface area contributed by atoms with Gasteiger partial charge in [0, 0.05) is 18.2 Å². The molecule has 2 aromatic carbocycles. The standard InChI is InChI=1S/C18H19NOS/c1-13(15-9-10-21-12-15)19-11-17-16-6-4-3-5-14(16)7-8-18(17)20-2/h3-10,12-13,19H,11H2,1-2H3. The molecular weight excluding hydrogens is 278 g/mol. The topological polar surface area (TPSA) is 21.3 Å². The molecule has 1 unspecified atom stereocenters. The summed E-state index contributed by atoms with van der Waals surface area (Å²) in [6.07, 6.45) is 0. The summed E-state index contributed by atoms with van der Waals surface area (Å²) in [5, 5.41) is 10.4. The van der Waals surface area contributed by atoms with Crippen LogP contribution in [0, 0.1) is 0 Å². The molecule has 0 saturated heterocycles. The van der Waals surface area contributed by atoms with Gasteiger partial charge in [0.15, 0.2) is 0 Å². The zero-order chi connectivity index (χ0) is 14.7. The minimum Gasteiger partial charge on any atom is -0.496 e. The number of benzene rings is 2. The first-order chi connectivity index (χ1) is 10.3. The van der Waals surface area contributed by atoms with Gasteiger partial charge in [0.1, 0.15) is 5.75 Å². The molecule has 1 atom stereocenters. The van der Waals surface area contributed by atoms with Gasteiger partial charge in [-0.15, -0.1) is 0 Å². The Labute approximate surface area is 129 Å². The van der Waals surface area contributed by atoms with E-state index < -0.39 is 0 Å². The maximum atomic E-state index is 5.54. The molecule has 0 spiro atoms. The van der Waals surface area contributed by atoms with Crippen molar-refractivity contribution < 1.29 is 4.74 Å². The van der Waals surface area contributed by atoms with Crippen molar-refractivity contribution in [3.63, 3.8) is 0 Å². The van der Waals surface area contributed by atoms with Crippen LogP contribution in [0.3, 0.4) is 0 Å². The van der Waals surface area contributed by atoms with Gasteiger partial charge in [0.25, 0.3) is 0 Å². The Hall–Kier alpha value is -1.84. The van der Waals surface area contributed by atoms with Crippen LogP contribution in [0.4, 0.5) is 0 Å². The average Bonchev–Trinajstić information content (AvgIpc) is 3.06. The summed E-state index contributed by atoms with van der Waals surface area (Å²) in [7, 11) is 1.73. The van der Waals surface area contributed by atoms with E-state index in [4.69, 9.17) is 4.74 Å². The molecule has 1 N–H and O–H groups in total. The molecule has 21 heavy (non-hydrogen) atoms. The molecule has 0 fully saturated rings. The van der Waals surface area contributed by atoms with Crippen molar-refractivity contribution in [1.82, 2.24) is 5.32 Å². The van der Waals surface area contributed by atoms with Crippen LogP contribution in [0.15, 0.2) is 53.2 Å². The number of rotatable bonds is 5. The lowest BCUT2D eigenvalue weighted by molar-refractivity contribution is 0.407. The van der Waals surface area contributed by atoms with Crippen LogP contribution in [0.25, 0.3) is 10.8 Å². The van der Waals surface area contributed by atoms with Gasteiger partial charge >= 0.3 is 0 Å². The molecule has 0 aliphatic rings. The molecule has 1 aromatic heterocycles. The molecular formula is C18H19NOS. The zero-order valence-corrected chi connectivity index (χ0v) is 13.1. The number of nitrogens with one attached hydrogen (secondary N) is 1. The van der Waals surface area contributed by atoms with Crippen molar-refractivity contribution in [2.45, 2.75) is 19.5 Å². The molecule has 0 saturated carbocycles. The van der Waals surface area contributed by atoms with Crippen molar-refractivity contribution in [3.05, 3.63) is 64.4 Å². The van der Waals surface area contributed by atoms with E-state index in [-0.39, 0.29) is 0 Å². The lowest BCUT2D eigenvalue weighted by Gasteiger charge is -2.16. The number of fused-ring (bicyclic) bond motifs is 1. The maximum Gasteiger partial charge on any atom is 0.123 e. The van der Waals surface area contributed by atoms with Crippen molar-refractivity contribution in [2.24, 2.45) is 0 Å². The fraction of sp³-hybridized carbons (Fsp3) is 0.222. The van der Waals surface area contributed by atoms with Crippen LogP contribution in [-0.2, 0) is 6.54 Å². The molecule has 3 heteroatoms. The van der Waals surface area contributed by atoms with Gasteiger partial charge in [-0.1, -0.05) is 30.3 Å². The monoisotopic (exact) mass is 297 g/mol. The van der Waals surface area contributed by atoms with Crippen LogP contribution in [0.2, 0.25) is 0 Å². The molecule has 0 amide bonds.